The molecule has 3 heterocycles. The van der Waals surface area contributed by atoms with Crippen LogP contribution in [0.4, 0.5) is 0 Å². The third-order valence-electron chi connectivity index (χ3n) is 5.32. The summed E-state index contributed by atoms with van der Waals surface area (Å²) in [6, 6.07) is 9.56. The van der Waals surface area contributed by atoms with Gasteiger partial charge in [0.2, 0.25) is 5.91 Å². The Morgan fingerprint density at radius 1 is 1.14 bits per heavy atom. The minimum absolute atomic E-state index is 0.0610. The van der Waals surface area contributed by atoms with E-state index in [-0.39, 0.29) is 18.0 Å². The van der Waals surface area contributed by atoms with Gasteiger partial charge in [0.25, 0.3) is 5.56 Å². The van der Waals surface area contributed by atoms with E-state index in [4.69, 9.17) is 4.74 Å². The van der Waals surface area contributed by atoms with Crippen LogP contribution in [0.2, 0.25) is 0 Å². The van der Waals surface area contributed by atoms with E-state index in [9.17, 15) is 9.59 Å². The summed E-state index contributed by atoms with van der Waals surface area (Å²) < 4.78 is 8.27. The van der Waals surface area contributed by atoms with E-state index in [1.165, 1.54) is 4.68 Å². The third kappa shape index (κ3) is 2.99. The molecule has 0 bridgehead atoms. The molecule has 2 aromatic heterocycles. The Morgan fingerprint density at radius 2 is 1.89 bits per heavy atom. The van der Waals surface area contributed by atoms with Gasteiger partial charge in [-0.05, 0) is 25.0 Å². The Labute approximate surface area is 161 Å². The monoisotopic (exact) mass is 379 g/mol. The standard InChI is InChI=1S/C20H21N5O3/c26-17(23-8-10-28-11-9-23)13-24-20(27)19-16(18(22-24)14-6-7-14)12-21-25(19)15-4-2-1-3-5-15/h1-5,12,14H,6-11,13H2. The molecular weight excluding hydrogens is 358 g/mol. The van der Waals surface area contributed by atoms with Crippen molar-refractivity contribution in [1.82, 2.24) is 24.5 Å². The lowest BCUT2D eigenvalue weighted by atomic mass is 10.2. The fourth-order valence-electron chi connectivity index (χ4n) is 3.66. The summed E-state index contributed by atoms with van der Waals surface area (Å²) in [5.41, 5.74) is 1.88. The number of nitrogens with zero attached hydrogens (tertiary/aromatic N) is 5. The van der Waals surface area contributed by atoms with Crippen LogP contribution in [0.5, 0.6) is 0 Å². The summed E-state index contributed by atoms with van der Waals surface area (Å²) in [6.45, 7) is 2.09. The van der Waals surface area contributed by atoms with Gasteiger partial charge >= 0.3 is 0 Å². The highest BCUT2D eigenvalue weighted by Crippen LogP contribution is 2.41. The largest absolute Gasteiger partial charge is 0.378 e. The molecular formula is C20H21N5O3. The summed E-state index contributed by atoms with van der Waals surface area (Å²) in [7, 11) is 0. The van der Waals surface area contributed by atoms with Gasteiger partial charge in [-0.15, -0.1) is 0 Å². The van der Waals surface area contributed by atoms with Gasteiger partial charge in [0.1, 0.15) is 12.1 Å². The molecule has 0 radical (unpaired) electrons. The van der Waals surface area contributed by atoms with E-state index in [1.807, 2.05) is 30.3 Å². The van der Waals surface area contributed by atoms with Crippen molar-refractivity contribution in [3.63, 3.8) is 0 Å². The Bertz CT molecular complexity index is 1080. The van der Waals surface area contributed by atoms with Crippen molar-refractivity contribution in [3.8, 4) is 5.69 Å². The lowest BCUT2D eigenvalue weighted by Gasteiger charge is -2.26. The summed E-state index contributed by atoms with van der Waals surface area (Å²) in [5.74, 6) is 0.228. The number of rotatable bonds is 4. The lowest BCUT2D eigenvalue weighted by Crippen LogP contribution is -2.44. The number of hydrogen-bond donors (Lipinski definition) is 0. The molecule has 8 heteroatoms. The van der Waals surface area contributed by atoms with Crippen LogP contribution in [0, 0.1) is 0 Å². The highest BCUT2D eigenvalue weighted by Gasteiger charge is 2.30. The Morgan fingerprint density at radius 3 is 2.61 bits per heavy atom. The normalized spacial score (nSPS) is 17.2. The van der Waals surface area contributed by atoms with Crippen LogP contribution in [-0.4, -0.2) is 56.7 Å². The van der Waals surface area contributed by atoms with Crippen LogP contribution in [0.1, 0.15) is 24.5 Å². The summed E-state index contributed by atoms with van der Waals surface area (Å²) >= 11 is 0. The first kappa shape index (κ1) is 17.1. The van der Waals surface area contributed by atoms with Gasteiger partial charge < -0.3 is 9.64 Å². The molecule has 1 aliphatic heterocycles. The maximum Gasteiger partial charge on any atom is 0.293 e. The molecule has 8 nitrogen and oxygen atoms in total. The van der Waals surface area contributed by atoms with Crippen LogP contribution < -0.4 is 5.56 Å². The van der Waals surface area contributed by atoms with Crippen molar-refractivity contribution < 1.29 is 9.53 Å². The Hall–Kier alpha value is -3.00. The average molecular weight is 379 g/mol. The second-order valence-corrected chi connectivity index (χ2v) is 7.27. The molecule has 2 fully saturated rings. The zero-order valence-electron chi connectivity index (χ0n) is 15.5. The summed E-state index contributed by atoms with van der Waals surface area (Å²) in [6.07, 6.45) is 3.82. The Balaban J connectivity index is 1.60. The van der Waals surface area contributed by atoms with Crippen molar-refractivity contribution in [3.05, 3.63) is 52.6 Å². The topological polar surface area (TPSA) is 82.2 Å². The predicted molar refractivity (Wildman–Crippen MR) is 102 cm³/mol. The van der Waals surface area contributed by atoms with E-state index in [0.717, 1.165) is 29.6 Å². The third-order valence-corrected chi connectivity index (χ3v) is 5.32. The Kier molecular flexibility index (Phi) is 4.20. The number of ether oxygens (including phenoxy) is 1. The first-order valence-electron chi connectivity index (χ1n) is 9.62. The summed E-state index contributed by atoms with van der Waals surface area (Å²) in [4.78, 5) is 27.7. The van der Waals surface area contributed by atoms with Crippen molar-refractivity contribution >= 4 is 16.8 Å². The van der Waals surface area contributed by atoms with Crippen molar-refractivity contribution in [2.75, 3.05) is 26.3 Å². The molecule has 0 unspecified atom stereocenters. The average Bonchev–Trinajstić information content (AvgIpc) is 3.49. The molecule has 0 N–H and O–H groups in total. The highest BCUT2D eigenvalue weighted by molar-refractivity contribution is 5.83. The molecule has 144 valence electrons. The number of hydrogen-bond acceptors (Lipinski definition) is 5. The molecule has 1 amide bonds. The SMILES string of the molecule is O=C(Cn1nc(C2CC2)c2cnn(-c3ccccc3)c2c1=O)N1CCOCC1. The van der Waals surface area contributed by atoms with E-state index < -0.39 is 0 Å². The minimum Gasteiger partial charge on any atom is -0.378 e. The molecule has 0 spiro atoms. The number of aromatic nitrogens is 4. The molecule has 1 saturated carbocycles. The molecule has 2 aliphatic rings. The van der Waals surface area contributed by atoms with E-state index in [0.29, 0.717) is 37.7 Å². The van der Waals surface area contributed by atoms with Crippen LogP contribution in [-0.2, 0) is 16.1 Å². The lowest BCUT2D eigenvalue weighted by molar-refractivity contribution is -0.136. The second-order valence-electron chi connectivity index (χ2n) is 7.27. The van der Waals surface area contributed by atoms with Gasteiger partial charge in [-0.25, -0.2) is 9.36 Å². The van der Waals surface area contributed by atoms with Gasteiger partial charge in [0, 0.05) is 24.4 Å². The highest BCUT2D eigenvalue weighted by atomic mass is 16.5. The molecule has 3 aromatic rings. The van der Waals surface area contributed by atoms with Crippen LogP contribution in [0.15, 0.2) is 41.3 Å². The van der Waals surface area contributed by atoms with Gasteiger partial charge in [-0.1, -0.05) is 18.2 Å². The van der Waals surface area contributed by atoms with Crippen LogP contribution >= 0.6 is 0 Å². The number of carbonyl (C=O) groups excluding carboxylic acids is 1. The maximum atomic E-state index is 13.2. The number of morpholine rings is 1. The van der Waals surface area contributed by atoms with Crippen molar-refractivity contribution in [2.45, 2.75) is 25.3 Å². The number of amides is 1. The van der Waals surface area contributed by atoms with Gasteiger partial charge in [0.15, 0.2) is 0 Å². The molecule has 1 aromatic carbocycles. The second kappa shape index (κ2) is 6.87. The predicted octanol–water partition coefficient (Wildman–Crippen LogP) is 1.32. The van der Waals surface area contributed by atoms with E-state index >= 15 is 0 Å². The maximum absolute atomic E-state index is 13.2. The first-order chi connectivity index (χ1) is 13.7. The fourth-order valence-corrected chi connectivity index (χ4v) is 3.66. The number of benzene rings is 1. The van der Waals surface area contributed by atoms with Gasteiger partial charge in [0.05, 0.1) is 30.8 Å². The van der Waals surface area contributed by atoms with Gasteiger partial charge in [-0.3, -0.25) is 9.59 Å². The minimum atomic E-state index is -0.289. The quantitative estimate of drug-likeness (QED) is 0.683. The zero-order valence-corrected chi connectivity index (χ0v) is 15.5. The van der Waals surface area contributed by atoms with Crippen molar-refractivity contribution in [2.24, 2.45) is 0 Å². The summed E-state index contributed by atoms with van der Waals surface area (Å²) in [5, 5.41) is 9.82. The smallest absolute Gasteiger partial charge is 0.293 e. The number of fused-ring (bicyclic) bond motifs is 1. The number of para-hydroxylation sites is 1. The fraction of sp³-hybridized carbons (Fsp3) is 0.400. The van der Waals surface area contributed by atoms with Crippen LogP contribution in [0.3, 0.4) is 0 Å². The van der Waals surface area contributed by atoms with E-state index in [2.05, 4.69) is 10.2 Å². The molecule has 1 saturated heterocycles. The van der Waals surface area contributed by atoms with Gasteiger partial charge in [-0.2, -0.15) is 10.2 Å². The molecule has 0 atom stereocenters. The zero-order chi connectivity index (χ0) is 19.1. The van der Waals surface area contributed by atoms with E-state index in [1.54, 1.807) is 15.8 Å². The molecule has 5 rings (SSSR count). The molecule has 28 heavy (non-hydrogen) atoms. The molecule has 1 aliphatic carbocycles. The van der Waals surface area contributed by atoms with Crippen LogP contribution in [0.25, 0.3) is 16.6 Å². The first-order valence-corrected chi connectivity index (χ1v) is 9.62. The van der Waals surface area contributed by atoms with Crippen molar-refractivity contribution in [1.29, 1.82) is 0 Å². The number of carbonyl (C=O) groups is 1.